The number of aliphatic carboxylic acids is 1. The summed E-state index contributed by atoms with van der Waals surface area (Å²) in [5.41, 5.74) is 1.60. The van der Waals surface area contributed by atoms with Crippen molar-refractivity contribution in [3.05, 3.63) is 48.3 Å². The molecule has 214 valence electrons. The minimum absolute atomic E-state index is 0.0725. The van der Waals surface area contributed by atoms with Crippen LogP contribution in [0, 0.1) is 5.92 Å². The Labute approximate surface area is 234 Å². The number of carboxylic acid groups (broad SMARTS) is 1. The first-order valence-corrected chi connectivity index (χ1v) is 14.3. The van der Waals surface area contributed by atoms with Gasteiger partial charge in [0.1, 0.15) is 0 Å². The molecule has 5 rings (SSSR count). The Hall–Kier alpha value is -3.66. The lowest BCUT2D eigenvalue weighted by Gasteiger charge is -2.30. The first-order valence-electron chi connectivity index (χ1n) is 14.3. The number of nitrogens with zero attached hydrogens (tertiary/aromatic N) is 4. The number of ether oxygens (including phenoxy) is 2. The number of benzene rings is 1. The molecule has 40 heavy (non-hydrogen) atoms. The molecule has 1 aromatic carbocycles. The van der Waals surface area contributed by atoms with E-state index in [1.165, 1.54) is 0 Å². The number of hydrogen-bond acceptors (Lipinski definition) is 7. The standard InChI is InChI=1S/C30H38N4O6/c1-2-3-15-34(22-7-4-12-31-17-22)28(36)19-33-18-23(21-10-11-25-26(16-21)40-20-39-25)29(30(37)38)24(33)8-5-13-32-14-6-9-27(32)35/h4,7,10-12,16-17,23-24,29H,2-3,5-6,8-9,13-15,18-20H2,1H3,(H,37,38)/t23-,24+,29?/m1/s1. The SMILES string of the molecule is CCCCN(C(=O)CN1C[C@H](c2ccc3c(c2)OCO3)C(C(=O)O)[C@@H]1CCCN1CCCC1=O)c1cccnc1. The Morgan fingerprint density at radius 2 is 2.02 bits per heavy atom. The van der Waals surface area contributed by atoms with Gasteiger partial charge >= 0.3 is 5.97 Å². The zero-order chi connectivity index (χ0) is 28.1. The van der Waals surface area contributed by atoms with Gasteiger partial charge in [-0.05, 0) is 55.5 Å². The molecule has 0 aliphatic carbocycles. The van der Waals surface area contributed by atoms with Crippen molar-refractivity contribution in [2.75, 3.05) is 44.4 Å². The minimum atomic E-state index is -0.880. The van der Waals surface area contributed by atoms with Crippen molar-refractivity contribution in [2.24, 2.45) is 5.92 Å². The Bertz CT molecular complexity index is 1210. The second-order valence-electron chi connectivity index (χ2n) is 10.8. The summed E-state index contributed by atoms with van der Waals surface area (Å²) in [7, 11) is 0. The smallest absolute Gasteiger partial charge is 0.308 e. The molecule has 2 fully saturated rings. The van der Waals surface area contributed by atoms with Crippen LogP contribution in [0.25, 0.3) is 0 Å². The summed E-state index contributed by atoms with van der Waals surface area (Å²) in [5, 5.41) is 10.5. The van der Waals surface area contributed by atoms with E-state index < -0.39 is 11.9 Å². The van der Waals surface area contributed by atoms with E-state index in [1.54, 1.807) is 17.3 Å². The third kappa shape index (κ3) is 6.06. The van der Waals surface area contributed by atoms with Crippen LogP contribution in [0.4, 0.5) is 5.69 Å². The molecule has 1 unspecified atom stereocenters. The van der Waals surface area contributed by atoms with Gasteiger partial charge in [-0.3, -0.25) is 24.3 Å². The van der Waals surface area contributed by atoms with Crippen LogP contribution in [0.2, 0.25) is 0 Å². The lowest BCUT2D eigenvalue weighted by atomic mass is 9.83. The minimum Gasteiger partial charge on any atom is -0.481 e. The summed E-state index contributed by atoms with van der Waals surface area (Å²) >= 11 is 0. The fraction of sp³-hybridized carbons (Fsp3) is 0.533. The van der Waals surface area contributed by atoms with Crippen molar-refractivity contribution in [1.29, 1.82) is 0 Å². The fourth-order valence-corrected chi connectivity index (χ4v) is 6.25. The van der Waals surface area contributed by atoms with E-state index in [0.717, 1.165) is 37.1 Å². The molecule has 3 aliphatic rings. The van der Waals surface area contributed by atoms with Gasteiger partial charge in [0.2, 0.25) is 18.6 Å². The number of aromatic nitrogens is 1. The van der Waals surface area contributed by atoms with Crippen LogP contribution in [0.1, 0.15) is 56.9 Å². The molecule has 0 bridgehead atoms. The lowest BCUT2D eigenvalue weighted by molar-refractivity contribution is -0.143. The maximum absolute atomic E-state index is 13.8. The predicted octanol–water partition coefficient (Wildman–Crippen LogP) is 3.51. The third-order valence-electron chi connectivity index (χ3n) is 8.29. The highest BCUT2D eigenvalue weighted by Gasteiger charge is 2.47. The number of fused-ring (bicyclic) bond motifs is 1. The van der Waals surface area contributed by atoms with Crippen LogP contribution < -0.4 is 14.4 Å². The molecule has 2 amide bonds. The van der Waals surface area contributed by atoms with E-state index in [4.69, 9.17) is 9.47 Å². The number of carbonyl (C=O) groups excluding carboxylic acids is 2. The van der Waals surface area contributed by atoms with Crippen molar-refractivity contribution in [3.8, 4) is 11.5 Å². The molecule has 0 radical (unpaired) electrons. The zero-order valence-corrected chi connectivity index (χ0v) is 23.0. The molecule has 3 aliphatic heterocycles. The number of carboxylic acids is 1. The molecular weight excluding hydrogens is 512 g/mol. The van der Waals surface area contributed by atoms with E-state index in [9.17, 15) is 19.5 Å². The monoisotopic (exact) mass is 550 g/mol. The van der Waals surface area contributed by atoms with Gasteiger partial charge in [-0.2, -0.15) is 0 Å². The highest BCUT2D eigenvalue weighted by molar-refractivity contribution is 5.94. The Morgan fingerprint density at radius 1 is 1.18 bits per heavy atom. The number of carbonyl (C=O) groups is 3. The maximum atomic E-state index is 13.8. The van der Waals surface area contributed by atoms with E-state index in [-0.39, 0.29) is 37.1 Å². The summed E-state index contributed by atoms with van der Waals surface area (Å²) < 4.78 is 11.0. The maximum Gasteiger partial charge on any atom is 0.308 e. The van der Waals surface area contributed by atoms with Crippen molar-refractivity contribution in [1.82, 2.24) is 14.8 Å². The van der Waals surface area contributed by atoms with Crippen LogP contribution in [0.5, 0.6) is 11.5 Å². The van der Waals surface area contributed by atoms with Gasteiger partial charge in [-0.25, -0.2) is 0 Å². The Morgan fingerprint density at radius 3 is 2.75 bits per heavy atom. The third-order valence-corrected chi connectivity index (χ3v) is 8.29. The quantitative estimate of drug-likeness (QED) is 0.427. The number of amides is 2. The Balaban J connectivity index is 1.39. The average molecular weight is 551 g/mol. The molecule has 1 N–H and O–H groups in total. The van der Waals surface area contributed by atoms with Crippen LogP contribution in [-0.4, -0.2) is 83.2 Å². The molecule has 1 aromatic heterocycles. The fourth-order valence-electron chi connectivity index (χ4n) is 6.25. The normalized spacial score (nSPS) is 22.2. The Kier molecular flexibility index (Phi) is 8.84. The average Bonchev–Trinajstić information content (AvgIpc) is 3.68. The topological polar surface area (TPSA) is 113 Å². The lowest BCUT2D eigenvalue weighted by Crippen LogP contribution is -2.44. The molecule has 2 aromatic rings. The first kappa shape index (κ1) is 27.9. The number of rotatable bonds is 12. The number of unbranched alkanes of at least 4 members (excludes halogenated alkanes) is 1. The second-order valence-corrected chi connectivity index (χ2v) is 10.8. The second kappa shape index (κ2) is 12.7. The predicted molar refractivity (Wildman–Crippen MR) is 148 cm³/mol. The number of pyridine rings is 1. The molecule has 0 spiro atoms. The number of hydrogen-bond donors (Lipinski definition) is 1. The highest BCUT2D eigenvalue weighted by Crippen LogP contribution is 2.43. The van der Waals surface area contributed by atoms with Crippen molar-refractivity contribution in [2.45, 2.75) is 57.4 Å². The van der Waals surface area contributed by atoms with E-state index in [1.807, 2.05) is 40.1 Å². The van der Waals surface area contributed by atoms with Gasteiger partial charge in [0.15, 0.2) is 11.5 Å². The molecule has 2 saturated heterocycles. The first-order chi connectivity index (χ1) is 19.5. The largest absolute Gasteiger partial charge is 0.481 e. The van der Waals surface area contributed by atoms with Gasteiger partial charge in [0.05, 0.1) is 24.3 Å². The van der Waals surface area contributed by atoms with Gasteiger partial charge in [0, 0.05) is 50.8 Å². The van der Waals surface area contributed by atoms with Crippen molar-refractivity contribution in [3.63, 3.8) is 0 Å². The van der Waals surface area contributed by atoms with E-state index in [2.05, 4.69) is 11.9 Å². The van der Waals surface area contributed by atoms with Crippen LogP contribution >= 0.6 is 0 Å². The summed E-state index contributed by atoms with van der Waals surface area (Å²) in [6.45, 7) is 4.71. The van der Waals surface area contributed by atoms with Crippen LogP contribution in [-0.2, 0) is 14.4 Å². The van der Waals surface area contributed by atoms with E-state index in [0.29, 0.717) is 50.4 Å². The number of anilines is 1. The molecule has 0 saturated carbocycles. The van der Waals surface area contributed by atoms with Gasteiger partial charge in [0.25, 0.3) is 0 Å². The van der Waals surface area contributed by atoms with Gasteiger partial charge in [-0.1, -0.05) is 19.4 Å². The summed E-state index contributed by atoms with van der Waals surface area (Å²) in [4.78, 5) is 48.6. The molecule has 10 heteroatoms. The van der Waals surface area contributed by atoms with Crippen molar-refractivity contribution < 1.29 is 29.0 Å². The highest BCUT2D eigenvalue weighted by atomic mass is 16.7. The molecule has 3 atom stereocenters. The van der Waals surface area contributed by atoms with Crippen LogP contribution in [0.3, 0.4) is 0 Å². The van der Waals surface area contributed by atoms with Gasteiger partial charge < -0.3 is 24.4 Å². The summed E-state index contributed by atoms with van der Waals surface area (Å²) in [5.74, 6) is -0.551. The molecule has 10 nitrogen and oxygen atoms in total. The summed E-state index contributed by atoms with van der Waals surface area (Å²) in [6.07, 6.45) is 7.88. The van der Waals surface area contributed by atoms with Crippen molar-refractivity contribution >= 4 is 23.5 Å². The van der Waals surface area contributed by atoms with Crippen LogP contribution in [0.15, 0.2) is 42.7 Å². The summed E-state index contributed by atoms with van der Waals surface area (Å²) in [6, 6.07) is 8.95. The molecule has 4 heterocycles. The van der Waals surface area contributed by atoms with Gasteiger partial charge in [-0.15, -0.1) is 0 Å². The van der Waals surface area contributed by atoms with E-state index >= 15 is 0 Å². The molecular formula is C30H38N4O6. The number of likely N-dealkylation sites (tertiary alicyclic amines) is 2. The zero-order valence-electron chi connectivity index (χ0n) is 23.0.